The molecule has 3 nitrogen and oxygen atoms in total. The minimum absolute atomic E-state index is 0.0255. The molecule has 0 atom stereocenters. The second-order valence-electron chi connectivity index (χ2n) is 2.62. The molecular weight excluding hydrogens is 214 g/mol. The van der Waals surface area contributed by atoms with Crippen LogP contribution in [0.5, 0.6) is 0 Å². The predicted molar refractivity (Wildman–Crippen MR) is 48.0 cm³/mol. The fourth-order valence-electron chi connectivity index (χ4n) is 1.08. The van der Waals surface area contributed by atoms with Crippen LogP contribution in [0, 0.1) is 0 Å². The van der Waals surface area contributed by atoms with Crippen LogP contribution in [0.1, 0.15) is 23.2 Å². The van der Waals surface area contributed by atoms with Crippen LogP contribution in [-0.2, 0) is 13.2 Å². The van der Waals surface area contributed by atoms with Gasteiger partial charge in [0.15, 0.2) is 0 Å². The lowest BCUT2D eigenvalue weighted by Crippen LogP contribution is -2.07. The number of nitrogens with two attached hydrogens (primary N) is 1. The van der Waals surface area contributed by atoms with E-state index in [-0.39, 0.29) is 35.0 Å². The summed E-state index contributed by atoms with van der Waals surface area (Å²) in [6.45, 7) is -0.391. The molecule has 0 radical (unpaired) electrons. The quantitative estimate of drug-likeness (QED) is 0.817. The minimum Gasteiger partial charge on any atom is -0.390 e. The van der Waals surface area contributed by atoms with E-state index in [0.717, 1.165) is 6.20 Å². The third-order valence-electron chi connectivity index (χ3n) is 1.82. The number of nitrogens with zero attached hydrogens (tertiary/aromatic N) is 1. The standard InChI is InChI=1S/C8H9ClF2N2O/c9-7-4(1-12)6(3-14)13-2-5(7)8(10)11/h2,8,14H,1,3,12H2. The number of aliphatic hydroxyl groups is 1. The highest BCUT2D eigenvalue weighted by Gasteiger charge is 2.17. The van der Waals surface area contributed by atoms with E-state index in [0.29, 0.717) is 0 Å². The maximum absolute atomic E-state index is 12.4. The summed E-state index contributed by atoms with van der Waals surface area (Å²) in [5, 5.41) is 8.73. The van der Waals surface area contributed by atoms with Crippen LogP contribution in [0.2, 0.25) is 5.02 Å². The van der Waals surface area contributed by atoms with Crippen LogP contribution >= 0.6 is 11.6 Å². The van der Waals surface area contributed by atoms with Crippen molar-refractivity contribution < 1.29 is 13.9 Å². The molecule has 0 fully saturated rings. The molecule has 0 bridgehead atoms. The zero-order valence-electron chi connectivity index (χ0n) is 7.17. The second kappa shape index (κ2) is 4.63. The molecule has 1 rings (SSSR count). The normalized spacial score (nSPS) is 11.0. The molecule has 0 unspecified atom stereocenters. The van der Waals surface area contributed by atoms with Gasteiger partial charge in [0, 0.05) is 18.3 Å². The van der Waals surface area contributed by atoms with E-state index in [1.165, 1.54) is 0 Å². The van der Waals surface area contributed by atoms with Gasteiger partial charge in [-0.15, -0.1) is 0 Å². The maximum atomic E-state index is 12.4. The van der Waals surface area contributed by atoms with Crippen molar-refractivity contribution in [3.63, 3.8) is 0 Å². The smallest absolute Gasteiger partial charge is 0.266 e. The van der Waals surface area contributed by atoms with Crippen LogP contribution in [0.15, 0.2) is 6.20 Å². The summed E-state index contributed by atoms with van der Waals surface area (Å²) in [6.07, 6.45) is -1.73. The minimum atomic E-state index is -2.69. The highest BCUT2D eigenvalue weighted by atomic mass is 35.5. The van der Waals surface area contributed by atoms with Gasteiger partial charge in [0.05, 0.1) is 22.9 Å². The van der Waals surface area contributed by atoms with E-state index in [1.54, 1.807) is 0 Å². The Hall–Kier alpha value is -0.780. The zero-order valence-corrected chi connectivity index (χ0v) is 7.93. The molecule has 6 heteroatoms. The van der Waals surface area contributed by atoms with Crippen molar-refractivity contribution in [1.82, 2.24) is 4.98 Å². The Labute approximate surface area is 84.5 Å². The average molecular weight is 223 g/mol. The number of halogens is 3. The van der Waals surface area contributed by atoms with E-state index in [9.17, 15) is 8.78 Å². The van der Waals surface area contributed by atoms with Gasteiger partial charge in [-0.2, -0.15) is 0 Å². The Bertz CT molecular complexity index is 333. The summed E-state index contributed by atoms with van der Waals surface area (Å²) in [5.74, 6) is 0. The third-order valence-corrected chi connectivity index (χ3v) is 2.26. The van der Waals surface area contributed by atoms with Gasteiger partial charge in [-0.1, -0.05) is 11.6 Å². The molecule has 1 heterocycles. The number of alkyl halides is 2. The molecular formula is C8H9ClF2N2O. The van der Waals surface area contributed by atoms with Gasteiger partial charge in [0.25, 0.3) is 6.43 Å². The molecule has 78 valence electrons. The first kappa shape index (κ1) is 11.3. The lowest BCUT2D eigenvalue weighted by Gasteiger charge is -2.10. The van der Waals surface area contributed by atoms with Gasteiger partial charge in [-0.05, 0) is 0 Å². The fraction of sp³-hybridized carbons (Fsp3) is 0.375. The number of aliphatic hydroxyl groups excluding tert-OH is 1. The van der Waals surface area contributed by atoms with Gasteiger partial charge in [-0.25, -0.2) is 8.78 Å². The molecule has 1 aromatic heterocycles. The molecule has 0 aliphatic rings. The van der Waals surface area contributed by atoms with Gasteiger partial charge in [0.1, 0.15) is 0 Å². The third kappa shape index (κ3) is 2.00. The van der Waals surface area contributed by atoms with E-state index in [4.69, 9.17) is 22.4 Å². The Morgan fingerprint density at radius 3 is 2.64 bits per heavy atom. The van der Waals surface area contributed by atoms with Crippen molar-refractivity contribution >= 4 is 11.6 Å². The molecule has 0 saturated heterocycles. The molecule has 1 aromatic rings. The van der Waals surface area contributed by atoms with Crippen LogP contribution in [0.4, 0.5) is 8.78 Å². The highest BCUT2D eigenvalue weighted by molar-refractivity contribution is 6.32. The molecule has 0 spiro atoms. The monoisotopic (exact) mass is 222 g/mol. The Kier molecular flexibility index (Phi) is 3.74. The number of aromatic nitrogens is 1. The fourth-order valence-corrected chi connectivity index (χ4v) is 1.40. The van der Waals surface area contributed by atoms with Gasteiger partial charge < -0.3 is 10.8 Å². The molecule has 0 saturated carbocycles. The van der Waals surface area contributed by atoms with Crippen LogP contribution < -0.4 is 5.73 Å². The second-order valence-corrected chi connectivity index (χ2v) is 2.99. The van der Waals surface area contributed by atoms with E-state index >= 15 is 0 Å². The SMILES string of the molecule is NCc1c(CO)ncc(C(F)F)c1Cl. The maximum Gasteiger partial charge on any atom is 0.266 e. The summed E-state index contributed by atoms with van der Waals surface area (Å²) < 4.78 is 24.7. The number of rotatable bonds is 3. The Morgan fingerprint density at radius 1 is 1.57 bits per heavy atom. The largest absolute Gasteiger partial charge is 0.390 e. The number of hydrogen-bond acceptors (Lipinski definition) is 3. The van der Waals surface area contributed by atoms with Crippen molar-refractivity contribution in [3.8, 4) is 0 Å². The first-order valence-corrected chi connectivity index (χ1v) is 4.24. The Balaban J connectivity index is 3.27. The lowest BCUT2D eigenvalue weighted by molar-refractivity contribution is 0.150. The van der Waals surface area contributed by atoms with Crippen molar-refractivity contribution in [3.05, 3.63) is 28.0 Å². The average Bonchev–Trinajstić information content (AvgIpc) is 2.16. The molecule has 14 heavy (non-hydrogen) atoms. The number of pyridine rings is 1. The zero-order chi connectivity index (χ0) is 10.7. The molecule has 0 aromatic carbocycles. The Morgan fingerprint density at radius 2 is 2.21 bits per heavy atom. The lowest BCUT2D eigenvalue weighted by atomic mass is 10.1. The topological polar surface area (TPSA) is 59.1 Å². The van der Waals surface area contributed by atoms with Crippen LogP contribution in [0.25, 0.3) is 0 Å². The van der Waals surface area contributed by atoms with E-state index in [2.05, 4.69) is 4.98 Å². The van der Waals surface area contributed by atoms with Gasteiger partial charge in [0.2, 0.25) is 0 Å². The summed E-state index contributed by atoms with van der Waals surface area (Å²) in [6, 6.07) is 0. The highest BCUT2D eigenvalue weighted by Crippen LogP contribution is 2.30. The summed E-state index contributed by atoms with van der Waals surface area (Å²) >= 11 is 5.68. The van der Waals surface area contributed by atoms with E-state index in [1.807, 2.05) is 0 Å². The van der Waals surface area contributed by atoms with Crippen molar-refractivity contribution in [2.24, 2.45) is 5.73 Å². The molecule has 0 aliphatic heterocycles. The van der Waals surface area contributed by atoms with E-state index < -0.39 is 6.43 Å². The first-order chi connectivity index (χ1) is 6.61. The predicted octanol–water partition coefficient (Wildman–Crippen LogP) is 1.62. The van der Waals surface area contributed by atoms with Gasteiger partial charge >= 0.3 is 0 Å². The molecule has 0 aliphatic carbocycles. The molecule has 0 amide bonds. The summed E-state index contributed by atoms with van der Waals surface area (Å²) in [4.78, 5) is 3.66. The van der Waals surface area contributed by atoms with Crippen molar-refractivity contribution in [1.29, 1.82) is 0 Å². The van der Waals surface area contributed by atoms with Crippen LogP contribution in [-0.4, -0.2) is 10.1 Å². The summed E-state index contributed by atoms with van der Waals surface area (Å²) in [7, 11) is 0. The molecule has 3 N–H and O–H groups in total. The van der Waals surface area contributed by atoms with Gasteiger partial charge in [-0.3, -0.25) is 4.98 Å². The van der Waals surface area contributed by atoms with Crippen molar-refractivity contribution in [2.45, 2.75) is 19.6 Å². The number of hydrogen-bond donors (Lipinski definition) is 2. The van der Waals surface area contributed by atoms with Crippen molar-refractivity contribution in [2.75, 3.05) is 0 Å². The summed E-state index contributed by atoms with van der Waals surface area (Å²) in [5.41, 5.74) is 5.47. The van der Waals surface area contributed by atoms with Crippen LogP contribution in [0.3, 0.4) is 0 Å². The first-order valence-electron chi connectivity index (χ1n) is 3.87.